The van der Waals surface area contributed by atoms with E-state index in [0.29, 0.717) is 25.7 Å². The van der Waals surface area contributed by atoms with Crippen molar-refractivity contribution in [3.63, 3.8) is 0 Å². The summed E-state index contributed by atoms with van der Waals surface area (Å²) in [6.07, 6.45) is 62.4. The number of carbonyl (C=O) groups excluding carboxylic acids is 4. The maximum atomic E-state index is 13.1. The van der Waals surface area contributed by atoms with Crippen LogP contribution in [0.3, 0.4) is 0 Å². The molecule has 0 aromatic carbocycles. The van der Waals surface area contributed by atoms with Gasteiger partial charge in [-0.05, 0) is 25.7 Å². The minimum absolute atomic E-state index is 0.107. The molecule has 5 atom stereocenters. The third kappa shape index (κ3) is 70.5. The van der Waals surface area contributed by atoms with Gasteiger partial charge in [0.15, 0.2) is 12.2 Å². The summed E-state index contributed by atoms with van der Waals surface area (Å²) in [6, 6.07) is 0. The van der Waals surface area contributed by atoms with Gasteiger partial charge >= 0.3 is 39.5 Å². The van der Waals surface area contributed by atoms with E-state index in [1.807, 2.05) is 0 Å². The molecule has 0 saturated heterocycles. The topological polar surface area (TPSA) is 237 Å². The van der Waals surface area contributed by atoms with Crippen molar-refractivity contribution in [2.75, 3.05) is 39.6 Å². The highest BCUT2D eigenvalue weighted by molar-refractivity contribution is 7.47. The summed E-state index contributed by atoms with van der Waals surface area (Å²) in [7, 11) is -9.91. The van der Waals surface area contributed by atoms with Gasteiger partial charge in [-0.25, -0.2) is 9.13 Å². The van der Waals surface area contributed by atoms with Crippen molar-refractivity contribution in [3.05, 3.63) is 0 Å². The van der Waals surface area contributed by atoms with E-state index in [0.717, 1.165) is 89.9 Å². The van der Waals surface area contributed by atoms with Crippen molar-refractivity contribution in [2.45, 2.75) is 431 Å². The van der Waals surface area contributed by atoms with Gasteiger partial charge in [-0.1, -0.05) is 362 Å². The Labute approximate surface area is 588 Å². The van der Waals surface area contributed by atoms with Gasteiger partial charge < -0.3 is 33.8 Å². The van der Waals surface area contributed by atoms with E-state index >= 15 is 0 Å². The van der Waals surface area contributed by atoms with Gasteiger partial charge in [0, 0.05) is 25.7 Å². The molecule has 0 amide bonds. The Morgan fingerprint density at radius 2 is 0.417 bits per heavy atom. The maximum Gasteiger partial charge on any atom is 0.472 e. The lowest BCUT2D eigenvalue weighted by Crippen LogP contribution is -2.30. The highest BCUT2D eigenvalue weighted by atomic mass is 31.2. The lowest BCUT2D eigenvalue weighted by molar-refractivity contribution is -0.161. The Bertz CT molecular complexity index is 1830. The summed E-state index contributed by atoms with van der Waals surface area (Å²) in [4.78, 5) is 72.8. The fourth-order valence-corrected chi connectivity index (χ4v) is 13.5. The zero-order chi connectivity index (χ0) is 70.4. The predicted octanol–water partition coefficient (Wildman–Crippen LogP) is 23.0. The first-order chi connectivity index (χ1) is 46.7. The highest BCUT2D eigenvalue weighted by Gasteiger charge is 2.30. The molecule has 17 nitrogen and oxygen atoms in total. The molecule has 0 rings (SSSR count). The van der Waals surface area contributed by atoms with E-state index < -0.39 is 97.5 Å². The van der Waals surface area contributed by atoms with Crippen molar-refractivity contribution in [3.8, 4) is 0 Å². The van der Waals surface area contributed by atoms with Crippen molar-refractivity contribution in [2.24, 2.45) is 0 Å². The molecule has 0 aliphatic heterocycles. The molecular formula is C77H150O17P2. The minimum Gasteiger partial charge on any atom is -0.462 e. The van der Waals surface area contributed by atoms with E-state index in [9.17, 15) is 43.2 Å². The number of hydrogen-bond acceptors (Lipinski definition) is 15. The summed E-state index contributed by atoms with van der Waals surface area (Å²) < 4.78 is 68.5. The lowest BCUT2D eigenvalue weighted by Gasteiger charge is -2.21. The molecule has 2 unspecified atom stereocenters. The number of carbonyl (C=O) groups is 4. The number of rotatable bonds is 78. The van der Waals surface area contributed by atoms with E-state index in [1.165, 1.54) is 244 Å². The second kappa shape index (κ2) is 71.5. The average molecular weight is 1410 g/mol. The van der Waals surface area contributed by atoms with Crippen molar-refractivity contribution >= 4 is 39.5 Å². The molecule has 0 bridgehead atoms. The molecule has 0 spiro atoms. The molecule has 3 N–H and O–H groups in total. The quantitative estimate of drug-likeness (QED) is 0.0222. The van der Waals surface area contributed by atoms with Crippen LogP contribution in [-0.4, -0.2) is 96.7 Å². The van der Waals surface area contributed by atoms with E-state index in [1.54, 1.807) is 0 Å². The Morgan fingerprint density at radius 1 is 0.250 bits per heavy atom. The van der Waals surface area contributed by atoms with Crippen LogP contribution in [0, 0.1) is 0 Å². The molecule has 0 aliphatic rings. The van der Waals surface area contributed by atoms with Crippen LogP contribution < -0.4 is 0 Å². The third-order valence-corrected chi connectivity index (χ3v) is 20.0. The minimum atomic E-state index is -4.96. The number of hydrogen-bond donors (Lipinski definition) is 3. The van der Waals surface area contributed by atoms with Crippen LogP contribution in [0.15, 0.2) is 0 Å². The van der Waals surface area contributed by atoms with E-state index in [4.69, 9.17) is 37.0 Å². The first-order valence-corrected chi connectivity index (χ1v) is 43.3. The van der Waals surface area contributed by atoms with E-state index in [2.05, 4.69) is 27.7 Å². The van der Waals surface area contributed by atoms with Gasteiger partial charge in [-0.15, -0.1) is 0 Å². The van der Waals surface area contributed by atoms with Gasteiger partial charge in [0.05, 0.1) is 26.4 Å². The summed E-state index contributed by atoms with van der Waals surface area (Å²) >= 11 is 0. The molecule has 0 saturated carbocycles. The van der Waals surface area contributed by atoms with Crippen LogP contribution in [0.4, 0.5) is 0 Å². The van der Waals surface area contributed by atoms with Crippen molar-refractivity contribution in [1.29, 1.82) is 0 Å². The monoisotopic (exact) mass is 1410 g/mol. The predicted molar refractivity (Wildman–Crippen MR) is 391 cm³/mol. The highest BCUT2D eigenvalue weighted by Crippen LogP contribution is 2.45. The smallest absolute Gasteiger partial charge is 0.462 e. The maximum absolute atomic E-state index is 13.1. The zero-order valence-corrected chi connectivity index (χ0v) is 64.1. The van der Waals surface area contributed by atoms with Crippen LogP contribution in [0.5, 0.6) is 0 Å². The molecule has 0 radical (unpaired) electrons. The zero-order valence-electron chi connectivity index (χ0n) is 62.4. The number of ether oxygens (including phenoxy) is 4. The number of aliphatic hydroxyl groups is 1. The number of phosphoric acid groups is 2. The molecule has 19 heteroatoms. The van der Waals surface area contributed by atoms with Gasteiger partial charge in [0.1, 0.15) is 19.3 Å². The Morgan fingerprint density at radius 3 is 0.615 bits per heavy atom. The SMILES string of the molecule is CCCCCCCCCCCCCCCCCCCCCCC(=O)O[C@H](COC(=O)CCCCCCCCCCCCCCCCCC)COP(=O)(O)OC[C@@H](O)COP(=O)(O)OC[C@@H](COC(=O)CCCCCCCCCCCC)OC(=O)CCCCCCCCCCCC. The second-order valence-electron chi connectivity index (χ2n) is 27.7. The molecule has 0 heterocycles. The van der Waals surface area contributed by atoms with Gasteiger partial charge in [0.2, 0.25) is 0 Å². The molecule has 96 heavy (non-hydrogen) atoms. The fourth-order valence-electron chi connectivity index (χ4n) is 11.9. The van der Waals surface area contributed by atoms with Gasteiger partial charge in [-0.3, -0.25) is 37.3 Å². The van der Waals surface area contributed by atoms with Crippen LogP contribution in [0.1, 0.15) is 413 Å². The summed E-state index contributed by atoms with van der Waals surface area (Å²) in [5.41, 5.74) is 0. The van der Waals surface area contributed by atoms with Crippen LogP contribution in [0.2, 0.25) is 0 Å². The molecule has 0 fully saturated rings. The second-order valence-corrected chi connectivity index (χ2v) is 30.7. The molecular weight excluding hydrogens is 1260 g/mol. The van der Waals surface area contributed by atoms with Crippen LogP contribution in [-0.2, 0) is 65.4 Å². The summed E-state index contributed by atoms with van der Waals surface area (Å²) in [6.45, 7) is 4.98. The molecule has 0 aromatic heterocycles. The largest absolute Gasteiger partial charge is 0.472 e. The lowest BCUT2D eigenvalue weighted by atomic mass is 10.0. The van der Waals surface area contributed by atoms with Crippen LogP contribution in [0.25, 0.3) is 0 Å². The Balaban J connectivity index is 5.19. The number of phosphoric ester groups is 2. The van der Waals surface area contributed by atoms with Crippen LogP contribution >= 0.6 is 15.6 Å². The summed E-state index contributed by atoms with van der Waals surface area (Å²) in [5, 5.41) is 10.6. The Kier molecular flexibility index (Phi) is 70.0. The van der Waals surface area contributed by atoms with Gasteiger partial charge in [-0.2, -0.15) is 0 Å². The van der Waals surface area contributed by atoms with Crippen molar-refractivity contribution in [1.82, 2.24) is 0 Å². The van der Waals surface area contributed by atoms with Crippen molar-refractivity contribution < 1.29 is 80.2 Å². The number of unbranched alkanes of at least 4 members (excludes halogenated alkanes) is 52. The third-order valence-electron chi connectivity index (χ3n) is 18.1. The number of aliphatic hydroxyl groups excluding tert-OH is 1. The standard InChI is InChI=1S/C77H150O17P2/c1-5-9-13-17-21-25-29-31-33-35-36-37-38-40-42-44-48-52-56-60-64-77(82)94-73(68-88-75(80)62-58-54-50-47-43-41-39-34-32-30-26-22-18-14-10-6-2)70-92-96(85,86)90-66-71(78)65-89-95(83,84)91-69-72(93-76(81)63-59-55-51-46-28-24-20-16-12-8-4)67-87-74(79)61-57-53-49-45-27-23-19-15-11-7-3/h71-73,78H,5-70H2,1-4H3,(H,83,84)(H,85,86)/t71-,72+,73+/m0/s1. The number of esters is 4. The molecule has 0 aromatic rings. The normalized spacial score (nSPS) is 13.9. The first-order valence-electron chi connectivity index (χ1n) is 40.3. The van der Waals surface area contributed by atoms with Gasteiger partial charge in [0.25, 0.3) is 0 Å². The summed E-state index contributed by atoms with van der Waals surface area (Å²) in [5.74, 6) is -2.11. The fraction of sp³-hybridized carbons (Fsp3) is 0.948. The molecule has 0 aliphatic carbocycles. The average Bonchev–Trinajstić information content (AvgIpc) is 2.27. The van der Waals surface area contributed by atoms with E-state index in [-0.39, 0.29) is 25.7 Å². The Hall–Kier alpha value is -1.94. The molecule has 570 valence electrons. The first kappa shape index (κ1) is 94.1.